The van der Waals surface area contributed by atoms with Crippen LogP contribution < -0.4 is 5.73 Å². The third kappa shape index (κ3) is 4.09. The molecular formula is C13H19ClN2O4S. The van der Waals surface area contributed by atoms with Crippen LogP contribution in [0.5, 0.6) is 0 Å². The molecule has 0 fully saturated rings. The van der Waals surface area contributed by atoms with Gasteiger partial charge in [0, 0.05) is 6.04 Å². The largest absolute Gasteiger partial charge is 0.465 e. The van der Waals surface area contributed by atoms with Gasteiger partial charge >= 0.3 is 5.97 Å². The predicted molar refractivity (Wildman–Crippen MR) is 81.5 cm³/mol. The molecule has 21 heavy (non-hydrogen) atoms. The van der Waals surface area contributed by atoms with E-state index in [2.05, 4.69) is 0 Å². The summed E-state index contributed by atoms with van der Waals surface area (Å²) in [5.41, 5.74) is 5.77. The summed E-state index contributed by atoms with van der Waals surface area (Å²) in [4.78, 5) is 11.4. The van der Waals surface area contributed by atoms with Crippen LogP contribution >= 0.6 is 11.6 Å². The number of hydrogen-bond acceptors (Lipinski definition) is 5. The highest BCUT2D eigenvalue weighted by Gasteiger charge is 2.32. The molecule has 0 saturated carbocycles. The molecule has 0 aromatic heterocycles. The van der Waals surface area contributed by atoms with E-state index in [9.17, 15) is 13.2 Å². The number of carbonyl (C=O) groups excluding carboxylic acids is 1. The minimum absolute atomic E-state index is 0.0181. The minimum atomic E-state index is -4.00. The molecule has 0 aliphatic carbocycles. The fraction of sp³-hybridized carbons (Fsp3) is 0.462. The molecule has 0 heterocycles. The third-order valence-electron chi connectivity index (χ3n) is 2.73. The van der Waals surface area contributed by atoms with Crippen LogP contribution in [0.4, 0.5) is 5.69 Å². The molecule has 6 nitrogen and oxygen atoms in total. The molecule has 1 rings (SSSR count). The molecule has 1 aromatic carbocycles. The number of nitrogen functional groups attached to an aromatic ring is 1. The highest BCUT2D eigenvalue weighted by molar-refractivity contribution is 7.89. The molecule has 1 aromatic rings. The number of esters is 1. The maximum absolute atomic E-state index is 12.7. The van der Waals surface area contributed by atoms with Gasteiger partial charge in [-0.1, -0.05) is 17.7 Å². The Labute approximate surface area is 129 Å². The number of sulfonamides is 1. The summed E-state index contributed by atoms with van der Waals surface area (Å²) in [7, 11) is -4.00. The van der Waals surface area contributed by atoms with Gasteiger partial charge in [0.1, 0.15) is 11.4 Å². The van der Waals surface area contributed by atoms with Gasteiger partial charge in [-0.15, -0.1) is 0 Å². The van der Waals surface area contributed by atoms with Crippen LogP contribution in [0.1, 0.15) is 20.8 Å². The summed E-state index contributed by atoms with van der Waals surface area (Å²) in [6.45, 7) is 4.75. The Morgan fingerprint density at radius 2 is 2.05 bits per heavy atom. The average Bonchev–Trinajstić information content (AvgIpc) is 2.35. The highest BCUT2D eigenvalue weighted by atomic mass is 35.5. The lowest BCUT2D eigenvalue weighted by Crippen LogP contribution is -2.41. The molecule has 0 bridgehead atoms. The Bertz CT molecular complexity index is 596. The molecule has 0 spiro atoms. The van der Waals surface area contributed by atoms with Crippen molar-refractivity contribution < 1.29 is 17.9 Å². The van der Waals surface area contributed by atoms with Gasteiger partial charge in [0.25, 0.3) is 0 Å². The molecule has 0 amide bonds. The number of carbonyl (C=O) groups is 1. The van der Waals surface area contributed by atoms with Gasteiger partial charge in [0.15, 0.2) is 0 Å². The first-order chi connectivity index (χ1) is 9.71. The maximum Gasteiger partial charge on any atom is 0.321 e. The smallest absolute Gasteiger partial charge is 0.321 e. The van der Waals surface area contributed by atoms with Crippen molar-refractivity contribution in [2.75, 3.05) is 18.9 Å². The Morgan fingerprint density at radius 3 is 2.52 bits per heavy atom. The van der Waals surface area contributed by atoms with Gasteiger partial charge in [0.2, 0.25) is 10.0 Å². The summed E-state index contributed by atoms with van der Waals surface area (Å²) < 4.78 is 31.2. The lowest BCUT2D eigenvalue weighted by Gasteiger charge is -2.25. The number of ether oxygens (including phenoxy) is 1. The normalized spacial score (nSPS) is 11.9. The van der Waals surface area contributed by atoms with Gasteiger partial charge < -0.3 is 10.5 Å². The minimum Gasteiger partial charge on any atom is -0.465 e. The zero-order valence-electron chi connectivity index (χ0n) is 12.2. The maximum atomic E-state index is 12.7. The standard InChI is InChI=1S/C13H19ClN2O4S/c1-4-20-12(17)8-16(9(2)3)21(18,19)13-10(14)6-5-7-11(13)15/h5-7,9H,4,8,15H2,1-3H3. The Hall–Kier alpha value is -1.31. The topological polar surface area (TPSA) is 89.7 Å². The second kappa shape index (κ2) is 7.11. The van der Waals surface area contributed by atoms with Crippen LogP contribution in [0, 0.1) is 0 Å². The van der Waals surface area contributed by atoms with E-state index in [1.165, 1.54) is 12.1 Å². The zero-order chi connectivity index (χ0) is 16.2. The zero-order valence-corrected chi connectivity index (χ0v) is 13.7. The monoisotopic (exact) mass is 334 g/mol. The number of anilines is 1. The van der Waals surface area contributed by atoms with E-state index >= 15 is 0 Å². The lowest BCUT2D eigenvalue weighted by atomic mass is 10.3. The number of rotatable bonds is 6. The van der Waals surface area contributed by atoms with Crippen molar-refractivity contribution >= 4 is 33.3 Å². The number of halogens is 1. The van der Waals surface area contributed by atoms with E-state index in [0.717, 1.165) is 4.31 Å². The molecule has 8 heteroatoms. The van der Waals surface area contributed by atoms with Gasteiger partial charge in [0.05, 0.1) is 17.3 Å². The van der Waals surface area contributed by atoms with Gasteiger partial charge in [-0.3, -0.25) is 4.79 Å². The molecule has 2 N–H and O–H groups in total. The quantitative estimate of drug-likeness (QED) is 0.633. The lowest BCUT2D eigenvalue weighted by molar-refractivity contribution is -0.143. The summed E-state index contributed by atoms with van der Waals surface area (Å²) in [5, 5.41) is 0.0181. The van der Waals surface area contributed by atoms with Crippen molar-refractivity contribution in [3.05, 3.63) is 23.2 Å². The van der Waals surface area contributed by atoms with Crippen molar-refractivity contribution in [1.29, 1.82) is 0 Å². The predicted octanol–water partition coefficient (Wildman–Crippen LogP) is 1.88. The number of nitrogens with two attached hydrogens (primary N) is 1. The molecule has 0 saturated heterocycles. The first kappa shape index (κ1) is 17.7. The van der Waals surface area contributed by atoms with E-state index in [-0.39, 0.29) is 22.2 Å². The Balaban J connectivity index is 3.26. The Kier molecular flexibility index (Phi) is 6.00. The molecule has 0 aliphatic rings. The van der Waals surface area contributed by atoms with Crippen molar-refractivity contribution in [2.24, 2.45) is 0 Å². The van der Waals surface area contributed by atoms with E-state index < -0.39 is 28.6 Å². The fourth-order valence-electron chi connectivity index (χ4n) is 1.79. The summed E-state index contributed by atoms with van der Waals surface area (Å²) in [5.74, 6) is -0.625. The summed E-state index contributed by atoms with van der Waals surface area (Å²) in [6.07, 6.45) is 0. The highest BCUT2D eigenvalue weighted by Crippen LogP contribution is 2.30. The van der Waals surface area contributed by atoms with Crippen molar-refractivity contribution in [1.82, 2.24) is 4.31 Å². The summed E-state index contributed by atoms with van der Waals surface area (Å²) >= 11 is 5.96. The molecule has 0 atom stereocenters. The fourth-order valence-corrected chi connectivity index (χ4v) is 4.01. The first-order valence-corrected chi connectivity index (χ1v) is 8.25. The second-order valence-corrected chi connectivity index (χ2v) is 6.84. The van der Waals surface area contributed by atoms with Crippen LogP contribution in [-0.2, 0) is 19.6 Å². The van der Waals surface area contributed by atoms with Crippen molar-refractivity contribution in [3.8, 4) is 0 Å². The number of nitrogens with zero attached hydrogens (tertiary/aromatic N) is 1. The van der Waals surface area contributed by atoms with E-state index in [1.807, 2.05) is 0 Å². The van der Waals surface area contributed by atoms with Crippen LogP contribution in [-0.4, -0.2) is 37.9 Å². The van der Waals surface area contributed by atoms with E-state index in [4.69, 9.17) is 22.1 Å². The van der Waals surface area contributed by atoms with Crippen LogP contribution in [0.25, 0.3) is 0 Å². The Morgan fingerprint density at radius 1 is 1.43 bits per heavy atom. The van der Waals surface area contributed by atoms with Gasteiger partial charge in [-0.05, 0) is 32.9 Å². The molecule has 0 unspecified atom stereocenters. The van der Waals surface area contributed by atoms with Crippen LogP contribution in [0.3, 0.4) is 0 Å². The first-order valence-electron chi connectivity index (χ1n) is 6.43. The second-order valence-electron chi connectivity index (χ2n) is 4.61. The molecule has 118 valence electrons. The molecule has 0 aliphatic heterocycles. The summed E-state index contributed by atoms with van der Waals surface area (Å²) in [6, 6.07) is 3.99. The van der Waals surface area contributed by atoms with E-state index in [1.54, 1.807) is 26.8 Å². The molecule has 0 radical (unpaired) electrons. The average molecular weight is 335 g/mol. The van der Waals surface area contributed by atoms with E-state index in [0.29, 0.717) is 0 Å². The molecular weight excluding hydrogens is 316 g/mol. The van der Waals surface area contributed by atoms with Gasteiger partial charge in [-0.2, -0.15) is 4.31 Å². The van der Waals surface area contributed by atoms with Crippen molar-refractivity contribution in [3.63, 3.8) is 0 Å². The van der Waals surface area contributed by atoms with Gasteiger partial charge in [-0.25, -0.2) is 8.42 Å². The SMILES string of the molecule is CCOC(=O)CN(C(C)C)S(=O)(=O)c1c(N)cccc1Cl. The van der Waals surface area contributed by atoms with Crippen LogP contribution in [0.2, 0.25) is 5.02 Å². The third-order valence-corrected chi connectivity index (χ3v) is 5.30. The number of hydrogen-bond donors (Lipinski definition) is 1. The van der Waals surface area contributed by atoms with Crippen molar-refractivity contribution in [2.45, 2.75) is 31.7 Å². The number of benzene rings is 1. The van der Waals surface area contributed by atoms with Crippen LogP contribution in [0.15, 0.2) is 23.1 Å².